The number of rotatable bonds is 4. The van der Waals surface area contributed by atoms with Crippen LogP contribution in [0.15, 0.2) is 42.5 Å². The lowest BCUT2D eigenvalue weighted by Crippen LogP contribution is -2.29. The maximum Gasteiger partial charge on any atom is 0.131 e. The third-order valence-electron chi connectivity index (χ3n) is 3.85. The Balaban J connectivity index is 1.59. The van der Waals surface area contributed by atoms with Crippen molar-refractivity contribution in [1.29, 1.82) is 0 Å². The first-order chi connectivity index (χ1) is 10.3. The van der Waals surface area contributed by atoms with Gasteiger partial charge in [-0.2, -0.15) is 0 Å². The minimum Gasteiger partial charge on any atom is -0.372 e. The molecule has 21 heavy (non-hydrogen) atoms. The van der Waals surface area contributed by atoms with Crippen LogP contribution in [-0.2, 0) is 6.54 Å². The van der Waals surface area contributed by atoms with Crippen LogP contribution in [0.2, 0.25) is 5.15 Å². The number of anilines is 2. The molecule has 0 radical (unpaired) electrons. The van der Waals surface area contributed by atoms with Crippen LogP contribution in [0.1, 0.15) is 24.8 Å². The first-order valence-electron chi connectivity index (χ1n) is 7.51. The van der Waals surface area contributed by atoms with Gasteiger partial charge in [0.25, 0.3) is 0 Å². The van der Waals surface area contributed by atoms with Crippen molar-refractivity contribution in [1.82, 2.24) is 4.98 Å². The highest BCUT2D eigenvalue weighted by Gasteiger charge is 2.10. The molecule has 3 rings (SSSR count). The summed E-state index contributed by atoms with van der Waals surface area (Å²) in [4.78, 5) is 6.70. The summed E-state index contributed by atoms with van der Waals surface area (Å²) < 4.78 is 0. The molecule has 0 aliphatic carbocycles. The maximum absolute atomic E-state index is 5.88. The van der Waals surface area contributed by atoms with E-state index in [1.165, 1.54) is 43.6 Å². The van der Waals surface area contributed by atoms with E-state index in [2.05, 4.69) is 39.5 Å². The Kier molecular flexibility index (Phi) is 4.61. The predicted octanol–water partition coefficient (Wildman–Crippen LogP) is 4.34. The van der Waals surface area contributed by atoms with Gasteiger partial charge in [-0.05, 0) is 49.1 Å². The zero-order chi connectivity index (χ0) is 14.5. The van der Waals surface area contributed by atoms with Gasteiger partial charge in [-0.3, -0.25) is 0 Å². The Hall–Kier alpha value is -1.74. The van der Waals surface area contributed by atoms with Gasteiger partial charge in [-0.1, -0.05) is 29.8 Å². The molecule has 1 aromatic carbocycles. The van der Waals surface area contributed by atoms with Crippen LogP contribution in [0.4, 0.5) is 11.5 Å². The molecule has 0 atom stereocenters. The Morgan fingerprint density at radius 1 is 1.00 bits per heavy atom. The van der Waals surface area contributed by atoms with E-state index < -0.39 is 0 Å². The molecule has 0 unspecified atom stereocenters. The first-order valence-corrected chi connectivity index (χ1v) is 7.89. The van der Waals surface area contributed by atoms with E-state index in [4.69, 9.17) is 11.6 Å². The minimum absolute atomic E-state index is 0.514. The van der Waals surface area contributed by atoms with Crippen molar-refractivity contribution < 1.29 is 0 Å². The lowest BCUT2D eigenvalue weighted by Gasteiger charge is -2.28. The summed E-state index contributed by atoms with van der Waals surface area (Å²) in [5, 5.41) is 3.81. The molecule has 1 aromatic heterocycles. The molecule has 110 valence electrons. The highest BCUT2D eigenvalue weighted by molar-refractivity contribution is 6.29. The molecular formula is C17H20ClN3. The standard InChI is InChI=1S/C17H20ClN3/c18-16-5-4-6-17(20-16)19-13-14-7-9-15(10-8-14)21-11-2-1-3-12-21/h4-10H,1-3,11-13H2,(H,19,20). The molecule has 0 saturated carbocycles. The molecule has 0 amide bonds. The van der Waals surface area contributed by atoms with Gasteiger partial charge in [0.2, 0.25) is 0 Å². The van der Waals surface area contributed by atoms with Crippen molar-refractivity contribution in [3.05, 3.63) is 53.2 Å². The van der Waals surface area contributed by atoms with Crippen LogP contribution < -0.4 is 10.2 Å². The lowest BCUT2D eigenvalue weighted by molar-refractivity contribution is 0.578. The molecule has 0 spiro atoms. The van der Waals surface area contributed by atoms with Crippen molar-refractivity contribution in [2.75, 3.05) is 23.3 Å². The zero-order valence-electron chi connectivity index (χ0n) is 12.1. The molecule has 1 N–H and O–H groups in total. The van der Waals surface area contributed by atoms with Crippen molar-refractivity contribution in [3.63, 3.8) is 0 Å². The SMILES string of the molecule is Clc1cccc(NCc2ccc(N3CCCCC3)cc2)n1. The third-order valence-corrected chi connectivity index (χ3v) is 4.06. The van der Waals surface area contributed by atoms with E-state index >= 15 is 0 Å². The first kappa shape index (κ1) is 14.2. The molecule has 1 aliphatic heterocycles. The van der Waals surface area contributed by atoms with Crippen LogP contribution in [-0.4, -0.2) is 18.1 Å². The number of hydrogen-bond donors (Lipinski definition) is 1. The van der Waals surface area contributed by atoms with Crippen LogP contribution >= 0.6 is 11.6 Å². The van der Waals surface area contributed by atoms with Gasteiger partial charge in [0.05, 0.1) is 0 Å². The number of hydrogen-bond acceptors (Lipinski definition) is 3. The fraction of sp³-hybridized carbons (Fsp3) is 0.353. The van der Waals surface area contributed by atoms with Crippen molar-refractivity contribution in [2.45, 2.75) is 25.8 Å². The van der Waals surface area contributed by atoms with Crippen LogP contribution in [0.25, 0.3) is 0 Å². The summed E-state index contributed by atoms with van der Waals surface area (Å²) >= 11 is 5.88. The van der Waals surface area contributed by atoms with Crippen molar-refractivity contribution in [3.8, 4) is 0 Å². The number of piperidine rings is 1. The molecule has 4 heteroatoms. The predicted molar refractivity (Wildman–Crippen MR) is 89.1 cm³/mol. The number of aromatic nitrogens is 1. The summed E-state index contributed by atoms with van der Waals surface area (Å²) in [5.41, 5.74) is 2.58. The highest BCUT2D eigenvalue weighted by Crippen LogP contribution is 2.20. The third kappa shape index (κ3) is 3.88. The number of nitrogens with zero attached hydrogens (tertiary/aromatic N) is 2. The monoisotopic (exact) mass is 301 g/mol. The van der Waals surface area contributed by atoms with E-state index in [0.717, 1.165) is 12.4 Å². The fourth-order valence-corrected chi connectivity index (χ4v) is 2.84. The van der Waals surface area contributed by atoms with Crippen LogP contribution in [0, 0.1) is 0 Å². The summed E-state index contributed by atoms with van der Waals surface area (Å²) in [7, 11) is 0. The average Bonchev–Trinajstić information content (AvgIpc) is 2.54. The molecule has 0 bridgehead atoms. The maximum atomic E-state index is 5.88. The normalized spacial score (nSPS) is 15.0. The van der Waals surface area contributed by atoms with Crippen LogP contribution in [0.3, 0.4) is 0 Å². The lowest BCUT2D eigenvalue weighted by atomic mass is 10.1. The summed E-state index contributed by atoms with van der Waals surface area (Å²) in [6, 6.07) is 14.4. The van der Waals surface area contributed by atoms with E-state index in [0.29, 0.717) is 5.15 Å². The quantitative estimate of drug-likeness (QED) is 0.852. The average molecular weight is 302 g/mol. The van der Waals surface area contributed by atoms with Crippen molar-refractivity contribution in [2.24, 2.45) is 0 Å². The smallest absolute Gasteiger partial charge is 0.131 e. The van der Waals surface area contributed by atoms with Crippen molar-refractivity contribution >= 4 is 23.1 Å². The molecule has 2 heterocycles. The molecular weight excluding hydrogens is 282 g/mol. The number of nitrogens with one attached hydrogen (secondary N) is 1. The van der Waals surface area contributed by atoms with E-state index in [-0.39, 0.29) is 0 Å². The van der Waals surface area contributed by atoms with Gasteiger partial charge in [0, 0.05) is 25.3 Å². The molecule has 3 nitrogen and oxygen atoms in total. The second kappa shape index (κ2) is 6.81. The second-order valence-electron chi connectivity index (χ2n) is 5.41. The summed E-state index contributed by atoms with van der Waals surface area (Å²) in [6.45, 7) is 3.13. The fourth-order valence-electron chi connectivity index (χ4n) is 2.68. The molecule has 1 aliphatic rings. The Bertz CT molecular complexity index is 577. The van der Waals surface area contributed by atoms with E-state index in [1.54, 1.807) is 6.07 Å². The van der Waals surface area contributed by atoms with Gasteiger partial charge in [0.1, 0.15) is 11.0 Å². The zero-order valence-corrected chi connectivity index (χ0v) is 12.8. The van der Waals surface area contributed by atoms with E-state index in [9.17, 15) is 0 Å². The largest absolute Gasteiger partial charge is 0.372 e. The van der Waals surface area contributed by atoms with Gasteiger partial charge < -0.3 is 10.2 Å². The van der Waals surface area contributed by atoms with Gasteiger partial charge in [-0.15, -0.1) is 0 Å². The Morgan fingerprint density at radius 2 is 1.76 bits per heavy atom. The molecule has 1 saturated heterocycles. The number of pyridine rings is 1. The van der Waals surface area contributed by atoms with Gasteiger partial charge >= 0.3 is 0 Å². The molecule has 1 fully saturated rings. The molecule has 2 aromatic rings. The Morgan fingerprint density at radius 3 is 2.48 bits per heavy atom. The number of benzene rings is 1. The highest BCUT2D eigenvalue weighted by atomic mass is 35.5. The Labute approximate surface area is 131 Å². The van der Waals surface area contributed by atoms with E-state index in [1.807, 2.05) is 12.1 Å². The summed E-state index contributed by atoms with van der Waals surface area (Å²) in [5.74, 6) is 0.808. The van der Waals surface area contributed by atoms with Crippen LogP contribution in [0.5, 0.6) is 0 Å². The van der Waals surface area contributed by atoms with Gasteiger partial charge in [-0.25, -0.2) is 4.98 Å². The summed E-state index contributed by atoms with van der Waals surface area (Å²) in [6.07, 6.45) is 3.98. The number of halogens is 1. The van der Waals surface area contributed by atoms with Gasteiger partial charge in [0.15, 0.2) is 0 Å². The topological polar surface area (TPSA) is 28.2 Å². The second-order valence-corrected chi connectivity index (χ2v) is 5.80. The minimum atomic E-state index is 0.514.